The number of aryl methyl sites for hydroxylation is 3. The fourth-order valence-electron chi connectivity index (χ4n) is 2.61. The molecule has 0 saturated heterocycles. The molecular formula is C17H25N3. The first-order chi connectivity index (χ1) is 9.60. The maximum atomic E-state index is 4.31. The first-order valence-corrected chi connectivity index (χ1v) is 7.39. The number of hydrogen-bond acceptors (Lipinski definition) is 2. The third kappa shape index (κ3) is 3.70. The highest BCUT2D eigenvalue weighted by Crippen LogP contribution is 2.19. The summed E-state index contributed by atoms with van der Waals surface area (Å²) in [6.45, 7) is 10.5. The van der Waals surface area contributed by atoms with E-state index in [1.165, 1.54) is 16.7 Å². The van der Waals surface area contributed by atoms with Crippen LogP contribution in [0.4, 0.5) is 0 Å². The van der Waals surface area contributed by atoms with Gasteiger partial charge in [-0.1, -0.05) is 36.2 Å². The summed E-state index contributed by atoms with van der Waals surface area (Å²) >= 11 is 0. The lowest BCUT2D eigenvalue weighted by Crippen LogP contribution is -2.26. The molecule has 0 aliphatic carbocycles. The molecule has 1 heterocycles. The molecule has 0 amide bonds. The Hall–Kier alpha value is -1.61. The van der Waals surface area contributed by atoms with Gasteiger partial charge in [0.05, 0.1) is 6.04 Å². The monoisotopic (exact) mass is 271 g/mol. The SMILES string of the molecule is CCCNC(Cn1ccnc1C)c1cc(C)cc(C)c1. The Morgan fingerprint density at radius 1 is 1.15 bits per heavy atom. The van der Waals surface area contributed by atoms with E-state index < -0.39 is 0 Å². The highest BCUT2D eigenvalue weighted by molar-refractivity contribution is 5.30. The van der Waals surface area contributed by atoms with Crippen molar-refractivity contribution in [3.63, 3.8) is 0 Å². The molecule has 0 bridgehead atoms. The standard InChI is InChI=1S/C17H25N3/c1-5-6-19-17(12-20-8-7-18-15(20)4)16-10-13(2)9-14(3)11-16/h7-11,17,19H,5-6,12H2,1-4H3. The number of aromatic nitrogens is 2. The van der Waals surface area contributed by atoms with Crippen LogP contribution in [-0.4, -0.2) is 16.1 Å². The molecule has 1 aromatic heterocycles. The van der Waals surface area contributed by atoms with Crippen LogP contribution in [0.1, 0.15) is 41.9 Å². The highest BCUT2D eigenvalue weighted by atomic mass is 15.1. The Labute approximate surface area is 122 Å². The third-order valence-electron chi connectivity index (χ3n) is 3.59. The summed E-state index contributed by atoms with van der Waals surface area (Å²) in [6.07, 6.45) is 5.07. The van der Waals surface area contributed by atoms with Crippen LogP contribution in [0.5, 0.6) is 0 Å². The van der Waals surface area contributed by atoms with Gasteiger partial charge in [0.1, 0.15) is 5.82 Å². The van der Waals surface area contributed by atoms with E-state index in [1.54, 1.807) is 0 Å². The van der Waals surface area contributed by atoms with Crippen molar-refractivity contribution in [2.75, 3.05) is 6.54 Å². The average molecular weight is 271 g/mol. The highest BCUT2D eigenvalue weighted by Gasteiger charge is 2.13. The van der Waals surface area contributed by atoms with Crippen molar-refractivity contribution < 1.29 is 0 Å². The van der Waals surface area contributed by atoms with Gasteiger partial charge in [-0.15, -0.1) is 0 Å². The molecule has 0 fully saturated rings. The van der Waals surface area contributed by atoms with Gasteiger partial charge in [-0.25, -0.2) is 4.98 Å². The molecule has 1 aromatic carbocycles. The van der Waals surface area contributed by atoms with Crippen molar-refractivity contribution in [3.8, 4) is 0 Å². The normalized spacial score (nSPS) is 12.6. The minimum Gasteiger partial charge on any atom is -0.333 e. The molecular weight excluding hydrogens is 246 g/mol. The van der Waals surface area contributed by atoms with Gasteiger partial charge in [-0.05, 0) is 39.3 Å². The zero-order chi connectivity index (χ0) is 14.5. The molecule has 1 N–H and O–H groups in total. The topological polar surface area (TPSA) is 29.9 Å². The van der Waals surface area contributed by atoms with Crippen LogP contribution in [0.15, 0.2) is 30.6 Å². The van der Waals surface area contributed by atoms with Crippen LogP contribution in [-0.2, 0) is 6.54 Å². The van der Waals surface area contributed by atoms with Gasteiger partial charge < -0.3 is 9.88 Å². The molecule has 0 spiro atoms. The van der Waals surface area contributed by atoms with Crippen molar-refractivity contribution in [2.24, 2.45) is 0 Å². The average Bonchev–Trinajstić information content (AvgIpc) is 2.78. The van der Waals surface area contributed by atoms with Crippen molar-refractivity contribution in [1.29, 1.82) is 0 Å². The quantitative estimate of drug-likeness (QED) is 0.870. The van der Waals surface area contributed by atoms with Gasteiger partial charge in [-0.2, -0.15) is 0 Å². The number of hydrogen-bond donors (Lipinski definition) is 1. The number of rotatable bonds is 6. The Morgan fingerprint density at radius 3 is 2.40 bits per heavy atom. The first kappa shape index (κ1) is 14.8. The van der Waals surface area contributed by atoms with E-state index in [0.29, 0.717) is 6.04 Å². The Balaban J connectivity index is 2.24. The summed E-state index contributed by atoms with van der Waals surface area (Å²) in [5, 5.41) is 3.66. The van der Waals surface area contributed by atoms with E-state index in [9.17, 15) is 0 Å². The summed E-state index contributed by atoms with van der Waals surface area (Å²) in [5.41, 5.74) is 4.01. The number of nitrogens with one attached hydrogen (secondary N) is 1. The first-order valence-electron chi connectivity index (χ1n) is 7.39. The van der Waals surface area contributed by atoms with Gasteiger partial charge in [-0.3, -0.25) is 0 Å². The lowest BCUT2D eigenvalue weighted by Gasteiger charge is -2.21. The van der Waals surface area contributed by atoms with Crippen LogP contribution in [0.3, 0.4) is 0 Å². The molecule has 20 heavy (non-hydrogen) atoms. The van der Waals surface area contributed by atoms with E-state index in [0.717, 1.165) is 25.3 Å². The maximum Gasteiger partial charge on any atom is 0.105 e. The van der Waals surface area contributed by atoms with E-state index in [-0.39, 0.29) is 0 Å². The minimum atomic E-state index is 0.335. The van der Waals surface area contributed by atoms with E-state index in [1.807, 2.05) is 6.20 Å². The number of nitrogens with zero attached hydrogens (tertiary/aromatic N) is 2. The Bertz CT molecular complexity index is 537. The molecule has 3 heteroatoms. The lowest BCUT2D eigenvalue weighted by molar-refractivity contribution is 0.457. The second kappa shape index (κ2) is 6.71. The number of benzene rings is 1. The lowest BCUT2D eigenvalue weighted by atomic mass is 10.0. The predicted molar refractivity (Wildman–Crippen MR) is 83.9 cm³/mol. The van der Waals surface area contributed by atoms with Gasteiger partial charge >= 0.3 is 0 Å². The van der Waals surface area contributed by atoms with Crippen molar-refractivity contribution in [2.45, 2.75) is 46.7 Å². The Morgan fingerprint density at radius 2 is 1.85 bits per heavy atom. The number of imidazole rings is 1. The predicted octanol–water partition coefficient (Wildman–Crippen LogP) is 3.55. The molecule has 1 atom stereocenters. The van der Waals surface area contributed by atoms with Gasteiger partial charge in [0.15, 0.2) is 0 Å². The molecule has 1 unspecified atom stereocenters. The smallest absolute Gasteiger partial charge is 0.105 e. The summed E-state index contributed by atoms with van der Waals surface area (Å²) in [4.78, 5) is 4.31. The summed E-state index contributed by atoms with van der Waals surface area (Å²) in [5.74, 6) is 1.07. The van der Waals surface area contributed by atoms with Crippen molar-refractivity contribution in [3.05, 3.63) is 53.1 Å². The summed E-state index contributed by atoms with van der Waals surface area (Å²) in [7, 11) is 0. The van der Waals surface area contributed by atoms with Crippen molar-refractivity contribution >= 4 is 0 Å². The molecule has 0 aliphatic heterocycles. The zero-order valence-electron chi connectivity index (χ0n) is 13.0. The van der Waals surface area contributed by atoms with Crippen LogP contribution < -0.4 is 5.32 Å². The minimum absolute atomic E-state index is 0.335. The summed E-state index contributed by atoms with van der Waals surface area (Å²) < 4.78 is 2.21. The van der Waals surface area contributed by atoms with E-state index in [4.69, 9.17) is 0 Å². The third-order valence-corrected chi connectivity index (χ3v) is 3.59. The van der Waals surface area contributed by atoms with Gasteiger partial charge in [0.25, 0.3) is 0 Å². The van der Waals surface area contributed by atoms with Crippen LogP contribution in [0.2, 0.25) is 0 Å². The van der Waals surface area contributed by atoms with Crippen LogP contribution >= 0.6 is 0 Å². The largest absolute Gasteiger partial charge is 0.333 e. The molecule has 0 aliphatic rings. The fourth-order valence-corrected chi connectivity index (χ4v) is 2.61. The molecule has 108 valence electrons. The van der Waals surface area contributed by atoms with Crippen LogP contribution in [0.25, 0.3) is 0 Å². The van der Waals surface area contributed by atoms with E-state index >= 15 is 0 Å². The molecule has 3 nitrogen and oxygen atoms in total. The van der Waals surface area contributed by atoms with Gasteiger partial charge in [0.2, 0.25) is 0 Å². The molecule has 2 aromatic rings. The maximum absolute atomic E-state index is 4.31. The molecule has 0 saturated carbocycles. The van der Waals surface area contributed by atoms with E-state index in [2.05, 4.69) is 67.0 Å². The zero-order valence-corrected chi connectivity index (χ0v) is 13.0. The summed E-state index contributed by atoms with van der Waals surface area (Å²) in [6, 6.07) is 7.13. The van der Waals surface area contributed by atoms with Crippen molar-refractivity contribution in [1.82, 2.24) is 14.9 Å². The molecule has 0 radical (unpaired) electrons. The van der Waals surface area contributed by atoms with Crippen LogP contribution in [0, 0.1) is 20.8 Å². The van der Waals surface area contributed by atoms with Gasteiger partial charge in [0, 0.05) is 18.9 Å². The second-order valence-electron chi connectivity index (χ2n) is 5.55. The Kier molecular flexibility index (Phi) is 4.96. The fraction of sp³-hybridized carbons (Fsp3) is 0.471. The molecule has 2 rings (SSSR count). The second-order valence-corrected chi connectivity index (χ2v) is 5.55.